The van der Waals surface area contributed by atoms with Gasteiger partial charge >= 0.3 is 63.4 Å². The average Bonchev–Trinajstić information content (AvgIpc) is 3.76. The Bertz CT molecular complexity index is 1660. The number of fused-ring (bicyclic) bond motifs is 2. The fourth-order valence-electron chi connectivity index (χ4n) is 6.60. The van der Waals surface area contributed by atoms with E-state index in [1.165, 1.54) is 24.1 Å². The summed E-state index contributed by atoms with van der Waals surface area (Å²) < 4.78 is 22.4. The number of carbonyl (C=O) groups is 4. The van der Waals surface area contributed by atoms with Crippen LogP contribution in [-0.4, -0.2) is 93.5 Å². The number of hydrogen-bond donors (Lipinski definition) is 2. The summed E-state index contributed by atoms with van der Waals surface area (Å²) in [5, 5.41) is 31.2. The van der Waals surface area contributed by atoms with E-state index in [9.17, 15) is 39.3 Å². The number of benzene rings is 1. The monoisotopic (exact) mass is 636 g/mol. The Labute approximate surface area is 293 Å². The molecule has 1 aromatic carbocycles. The smallest absolute Gasteiger partial charge is 0.545 e. The van der Waals surface area contributed by atoms with E-state index in [2.05, 4.69) is 0 Å². The molecule has 4 aliphatic rings. The van der Waals surface area contributed by atoms with Crippen LogP contribution in [0.15, 0.2) is 34.4 Å². The maximum atomic E-state index is 15.3. The summed E-state index contributed by atoms with van der Waals surface area (Å²) in [6.07, 6.45) is 1.23. The standard InChI is InChI=1S/C29H31FN4O9.K/c1-13-18(24(28(40)41)34-23(13)22(14(2)35)26(34)37)12-43-29(42)32-7-5-31(6-8-32)21-10-20-16(9-19(21)30)25(36)17(27(38)39)11-33(20)15-3-4-15;/h9-11,13-15,22-23,35H,3-8,12H2,1-2H3,(H,38,39)(H,40,41);/q;+1/p-1/t13-,14+,22+,23+;/m0./s1. The summed E-state index contributed by atoms with van der Waals surface area (Å²) in [7, 11) is 0. The summed E-state index contributed by atoms with van der Waals surface area (Å²) in [4.78, 5) is 65.9. The summed E-state index contributed by atoms with van der Waals surface area (Å²) in [5.74, 6) is -5.26. The number of ether oxygens (including phenoxy) is 1. The predicted molar refractivity (Wildman–Crippen MR) is 146 cm³/mol. The Hall–Kier alpha value is -2.82. The summed E-state index contributed by atoms with van der Waals surface area (Å²) >= 11 is 0. The number of carboxylic acid groups (broad SMARTS) is 2. The number of anilines is 1. The fourth-order valence-corrected chi connectivity index (χ4v) is 6.60. The van der Waals surface area contributed by atoms with Crippen molar-refractivity contribution in [3.63, 3.8) is 0 Å². The summed E-state index contributed by atoms with van der Waals surface area (Å²) in [6, 6.07) is 2.07. The summed E-state index contributed by atoms with van der Waals surface area (Å²) in [5.41, 5.74) is -0.615. The van der Waals surface area contributed by atoms with E-state index in [4.69, 9.17) is 4.74 Å². The van der Waals surface area contributed by atoms with Crippen molar-refractivity contribution in [2.24, 2.45) is 11.8 Å². The molecule has 0 unspecified atom stereocenters. The molecule has 0 bridgehead atoms. The third-order valence-electron chi connectivity index (χ3n) is 9.01. The number of aliphatic carboxylic acids is 1. The molecule has 2 aromatic rings. The average molecular weight is 637 g/mol. The van der Waals surface area contributed by atoms with Gasteiger partial charge in [-0.05, 0) is 31.9 Å². The number of carbonyl (C=O) groups excluding carboxylic acids is 3. The number of aromatic carboxylic acids is 1. The predicted octanol–water partition coefficient (Wildman–Crippen LogP) is -2.70. The van der Waals surface area contributed by atoms with E-state index in [1.807, 2.05) is 0 Å². The Kier molecular flexibility index (Phi) is 9.01. The van der Waals surface area contributed by atoms with Gasteiger partial charge in [-0.25, -0.2) is 14.0 Å². The van der Waals surface area contributed by atoms with Crippen LogP contribution in [0, 0.1) is 17.7 Å². The number of piperazine rings is 1. The molecule has 3 fully saturated rings. The number of nitrogens with zero attached hydrogens (tertiary/aromatic N) is 4. The van der Waals surface area contributed by atoms with Gasteiger partial charge in [-0.15, -0.1) is 0 Å². The third-order valence-corrected chi connectivity index (χ3v) is 9.01. The van der Waals surface area contributed by atoms with Crippen LogP contribution in [0.4, 0.5) is 14.9 Å². The van der Waals surface area contributed by atoms with Crippen LogP contribution < -0.4 is 66.8 Å². The van der Waals surface area contributed by atoms with Crippen LogP contribution >= 0.6 is 0 Å². The number of aliphatic hydroxyl groups excluding tert-OH is 1. The van der Waals surface area contributed by atoms with E-state index in [-0.39, 0.29) is 107 Å². The van der Waals surface area contributed by atoms with Crippen molar-refractivity contribution in [3.05, 3.63) is 51.2 Å². The Morgan fingerprint density at radius 3 is 2.36 bits per heavy atom. The molecule has 0 radical (unpaired) electrons. The van der Waals surface area contributed by atoms with Crippen molar-refractivity contribution >= 4 is 40.5 Å². The molecular formula is C29H30FKN4O9. The topological polar surface area (TPSA) is 173 Å². The van der Waals surface area contributed by atoms with Crippen molar-refractivity contribution in [2.75, 3.05) is 37.7 Å². The van der Waals surface area contributed by atoms with Crippen LogP contribution in [0.1, 0.15) is 43.1 Å². The molecule has 1 aliphatic carbocycles. The van der Waals surface area contributed by atoms with Gasteiger partial charge in [0.05, 0.1) is 40.8 Å². The van der Waals surface area contributed by atoms with Crippen LogP contribution in [-0.2, 0) is 14.3 Å². The number of hydrogen-bond acceptors (Lipinski definition) is 9. The zero-order valence-corrected chi connectivity index (χ0v) is 27.6. The van der Waals surface area contributed by atoms with Crippen LogP contribution in [0.3, 0.4) is 0 Å². The minimum atomic E-state index is -1.62. The Morgan fingerprint density at radius 2 is 1.80 bits per heavy atom. The molecule has 2 saturated heterocycles. The zero-order chi connectivity index (χ0) is 30.9. The first-order valence-corrected chi connectivity index (χ1v) is 14.1. The van der Waals surface area contributed by atoms with Gasteiger partial charge in [0.25, 0.3) is 0 Å². The number of carboxylic acids is 2. The fraction of sp³-hybridized carbons (Fsp3) is 0.483. The molecule has 3 aliphatic heterocycles. The molecule has 4 atom stereocenters. The molecular weight excluding hydrogens is 606 g/mol. The molecule has 228 valence electrons. The Balaban J connectivity index is 0.00000384. The molecule has 6 rings (SSSR count). The van der Waals surface area contributed by atoms with Gasteiger partial charge in [-0.3, -0.25) is 9.59 Å². The largest absolute Gasteiger partial charge is 1.00 e. The van der Waals surface area contributed by atoms with Gasteiger partial charge in [-0.2, -0.15) is 0 Å². The Morgan fingerprint density at radius 1 is 1.14 bits per heavy atom. The van der Waals surface area contributed by atoms with Gasteiger partial charge < -0.3 is 44.1 Å². The summed E-state index contributed by atoms with van der Waals surface area (Å²) in [6.45, 7) is 3.70. The number of halogens is 1. The molecule has 15 heteroatoms. The van der Waals surface area contributed by atoms with E-state index in [0.717, 1.165) is 23.8 Å². The van der Waals surface area contributed by atoms with Crippen LogP contribution in [0.25, 0.3) is 10.9 Å². The van der Waals surface area contributed by atoms with E-state index < -0.39 is 64.7 Å². The normalized spacial score (nSPS) is 23.7. The molecule has 1 saturated carbocycles. The number of aromatic nitrogens is 1. The number of β-lactam (4-membered cyclic amide) rings is 1. The second-order valence-corrected chi connectivity index (χ2v) is 11.6. The van der Waals surface area contributed by atoms with Crippen molar-refractivity contribution in [1.29, 1.82) is 0 Å². The second kappa shape index (κ2) is 12.2. The third kappa shape index (κ3) is 5.36. The number of pyridine rings is 1. The van der Waals surface area contributed by atoms with Crippen molar-refractivity contribution in [1.82, 2.24) is 14.4 Å². The van der Waals surface area contributed by atoms with Gasteiger partial charge in [0, 0.05) is 55.3 Å². The minimum absolute atomic E-state index is 0. The SMILES string of the molecule is C[C@@H](O)[C@H]1C(=O)N2C(C(=O)O)=C(COC(=O)N3CCN(c4cc5c(cc4F)c(=O)c(C(=O)[O-])cn5C4CC4)CC3)[C@H](C)[C@H]12.[K+]. The van der Waals surface area contributed by atoms with Gasteiger partial charge in [-0.1, -0.05) is 6.92 Å². The first kappa shape index (κ1) is 32.6. The molecule has 13 nitrogen and oxygen atoms in total. The zero-order valence-electron chi connectivity index (χ0n) is 24.5. The van der Waals surface area contributed by atoms with Crippen molar-refractivity contribution < 1.29 is 95.0 Å². The maximum Gasteiger partial charge on any atom is 1.00 e. The maximum absolute atomic E-state index is 15.3. The number of rotatable bonds is 7. The van der Waals surface area contributed by atoms with E-state index >= 15 is 4.39 Å². The van der Waals surface area contributed by atoms with Gasteiger partial charge in [0.15, 0.2) is 5.43 Å². The van der Waals surface area contributed by atoms with Crippen LogP contribution in [0.2, 0.25) is 0 Å². The minimum Gasteiger partial charge on any atom is -0.545 e. The molecule has 44 heavy (non-hydrogen) atoms. The van der Waals surface area contributed by atoms with Crippen molar-refractivity contribution in [3.8, 4) is 0 Å². The van der Waals surface area contributed by atoms with Gasteiger partial charge in [0.2, 0.25) is 5.91 Å². The van der Waals surface area contributed by atoms with E-state index in [1.54, 1.807) is 16.4 Å². The van der Waals surface area contributed by atoms with E-state index in [0.29, 0.717) is 11.1 Å². The molecule has 2 amide bonds. The van der Waals surface area contributed by atoms with Crippen LogP contribution in [0.5, 0.6) is 0 Å². The number of aliphatic hydroxyl groups is 1. The quantitative estimate of drug-likeness (QED) is 0.241. The second-order valence-electron chi connectivity index (χ2n) is 11.6. The first-order chi connectivity index (χ1) is 20.4. The van der Waals surface area contributed by atoms with Crippen molar-refractivity contribution in [2.45, 2.75) is 44.9 Å². The molecule has 2 N–H and O–H groups in total. The number of amides is 2. The van der Waals surface area contributed by atoms with Gasteiger partial charge in [0.1, 0.15) is 18.1 Å². The molecule has 0 spiro atoms. The first-order valence-electron chi connectivity index (χ1n) is 14.1. The molecule has 1 aromatic heterocycles. The molecule has 4 heterocycles.